The van der Waals surface area contributed by atoms with E-state index in [-0.39, 0.29) is 16.2 Å². The SMILES string of the molecule is COc1ccc2c3c(cc(O)c2c1)C1(CC(C)(C)CCCCCCC(C)(C)C1)c1ccccc1-3. The van der Waals surface area contributed by atoms with E-state index < -0.39 is 0 Å². The Bertz CT molecular complexity index is 1200. The van der Waals surface area contributed by atoms with Crippen LogP contribution in [0.3, 0.4) is 0 Å². The second kappa shape index (κ2) is 8.33. The van der Waals surface area contributed by atoms with Crippen LogP contribution in [0.1, 0.15) is 90.2 Å². The van der Waals surface area contributed by atoms with Crippen LogP contribution in [0.5, 0.6) is 11.5 Å². The summed E-state index contributed by atoms with van der Waals surface area (Å²) in [4.78, 5) is 0. The lowest BCUT2D eigenvalue weighted by Crippen LogP contribution is -2.36. The van der Waals surface area contributed by atoms with Crippen LogP contribution in [0.4, 0.5) is 0 Å². The highest BCUT2D eigenvalue weighted by molar-refractivity contribution is 6.05. The van der Waals surface area contributed by atoms with E-state index >= 15 is 0 Å². The molecule has 180 valence electrons. The van der Waals surface area contributed by atoms with Crippen molar-refractivity contribution in [2.24, 2.45) is 10.8 Å². The van der Waals surface area contributed by atoms with E-state index in [4.69, 9.17) is 4.74 Å². The fourth-order valence-corrected chi connectivity index (χ4v) is 7.26. The highest BCUT2D eigenvalue weighted by Crippen LogP contribution is 2.61. The van der Waals surface area contributed by atoms with Gasteiger partial charge in [0, 0.05) is 10.8 Å². The third kappa shape index (κ3) is 3.89. The van der Waals surface area contributed by atoms with Crippen LogP contribution in [0.15, 0.2) is 48.5 Å². The molecular formula is C32H40O2. The summed E-state index contributed by atoms with van der Waals surface area (Å²) < 4.78 is 5.49. The number of phenols is 1. The van der Waals surface area contributed by atoms with Crippen LogP contribution >= 0.6 is 0 Å². The average Bonchev–Trinajstić information content (AvgIpc) is 3.03. The lowest BCUT2D eigenvalue weighted by molar-refractivity contribution is 0.176. The number of benzene rings is 3. The van der Waals surface area contributed by atoms with Crippen molar-refractivity contribution in [1.29, 1.82) is 0 Å². The second-order valence-corrected chi connectivity index (χ2v) is 12.5. The van der Waals surface area contributed by atoms with Gasteiger partial charge in [0.1, 0.15) is 11.5 Å². The molecule has 0 atom stereocenters. The Morgan fingerprint density at radius 2 is 1.38 bits per heavy atom. The molecule has 0 heterocycles. The van der Waals surface area contributed by atoms with Crippen molar-refractivity contribution in [3.05, 3.63) is 59.7 Å². The van der Waals surface area contributed by atoms with Crippen molar-refractivity contribution in [3.8, 4) is 22.6 Å². The van der Waals surface area contributed by atoms with Gasteiger partial charge in [-0.1, -0.05) is 77.6 Å². The Labute approximate surface area is 205 Å². The normalized spacial score (nSPS) is 21.0. The van der Waals surface area contributed by atoms with E-state index in [9.17, 15) is 5.11 Å². The maximum Gasteiger partial charge on any atom is 0.123 e. The van der Waals surface area contributed by atoms with Crippen LogP contribution in [0, 0.1) is 10.8 Å². The van der Waals surface area contributed by atoms with Crippen LogP contribution in [0.2, 0.25) is 0 Å². The number of methoxy groups -OCH3 is 1. The molecule has 1 fully saturated rings. The summed E-state index contributed by atoms with van der Waals surface area (Å²) in [5, 5.41) is 13.3. The zero-order valence-electron chi connectivity index (χ0n) is 21.6. The summed E-state index contributed by atoms with van der Waals surface area (Å²) in [7, 11) is 1.68. The van der Waals surface area contributed by atoms with Crippen LogP contribution in [0.25, 0.3) is 21.9 Å². The monoisotopic (exact) mass is 456 g/mol. The molecule has 2 heteroatoms. The quantitative estimate of drug-likeness (QED) is 0.396. The molecule has 0 aromatic heterocycles. The summed E-state index contributed by atoms with van der Waals surface area (Å²) in [6, 6.07) is 17.3. The fraction of sp³-hybridized carbons (Fsp3) is 0.500. The van der Waals surface area contributed by atoms with Crippen molar-refractivity contribution < 1.29 is 9.84 Å². The van der Waals surface area contributed by atoms with E-state index in [1.165, 1.54) is 60.8 Å². The number of aromatic hydroxyl groups is 1. The molecule has 1 spiro atoms. The number of phenolic OH excluding ortho intramolecular Hbond substituents is 1. The van der Waals surface area contributed by atoms with Crippen molar-refractivity contribution in [2.75, 3.05) is 7.11 Å². The number of hydrogen-bond acceptors (Lipinski definition) is 2. The number of rotatable bonds is 1. The van der Waals surface area contributed by atoms with E-state index in [2.05, 4.69) is 64.1 Å². The molecule has 1 saturated carbocycles. The first-order valence-electron chi connectivity index (χ1n) is 13.1. The van der Waals surface area contributed by atoms with Gasteiger partial charge in [-0.05, 0) is 88.4 Å². The fourth-order valence-electron chi connectivity index (χ4n) is 7.26. The number of fused-ring (bicyclic) bond motifs is 7. The van der Waals surface area contributed by atoms with Gasteiger partial charge in [0.25, 0.3) is 0 Å². The standard InChI is InChI=1S/C32H40O2/c1-30(2)16-10-6-7-11-17-31(3,4)21-32(20-30)26-13-9-8-12-24(26)29-23-15-14-22(34-5)18-25(23)28(33)19-27(29)32/h8-9,12-15,18-19,33H,6-7,10-11,16-17,20-21H2,1-5H3. The molecular weight excluding hydrogens is 416 g/mol. The summed E-state index contributed by atoms with van der Waals surface area (Å²) in [6.45, 7) is 9.86. The zero-order chi connectivity index (χ0) is 24.1. The topological polar surface area (TPSA) is 29.5 Å². The predicted octanol–water partition coefficient (Wildman–Crippen LogP) is 9.01. The Kier molecular flexibility index (Phi) is 5.70. The smallest absolute Gasteiger partial charge is 0.123 e. The maximum atomic E-state index is 11.3. The second-order valence-electron chi connectivity index (χ2n) is 12.5. The lowest BCUT2D eigenvalue weighted by atomic mass is 9.60. The Hall–Kier alpha value is -2.48. The Morgan fingerprint density at radius 3 is 2.03 bits per heavy atom. The van der Waals surface area contributed by atoms with Gasteiger partial charge in [-0.15, -0.1) is 0 Å². The largest absolute Gasteiger partial charge is 0.507 e. The third-order valence-corrected chi connectivity index (χ3v) is 8.57. The first kappa shape index (κ1) is 23.3. The highest BCUT2D eigenvalue weighted by Gasteiger charge is 2.49. The predicted molar refractivity (Wildman–Crippen MR) is 143 cm³/mol. The van der Waals surface area contributed by atoms with Gasteiger partial charge < -0.3 is 9.84 Å². The van der Waals surface area contributed by atoms with Crippen LogP contribution < -0.4 is 4.74 Å². The number of hydrogen-bond donors (Lipinski definition) is 1. The van der Waals surface area contributed by atoms with Gasteiger partial charge in [-0.25, -0.2) is 0 Å². The third-order valence-electron chi connectivity index (χ3n) is 8.57. The first-order valence-corrected chi connectivity index (χ1v) is 13.1. The molecule has 2 nitrogen and oxygen atoms in total. The minimum absolute atomic E-state index is 0.102. The molecule has 0 saturated heterocycles. The molecule has 0 radical (unpaired) electrons. The molecule has 0 bridgehead atoms. The van der Waals surface area contributed by atoms with Crippen molar-refractivity contribution in [3.63, 3.8) is 0 Å². The minimum Gasteiger partial charge on any atom is -0.507 e. The van der Waals surface area contributed by atoms with Crippen LogP contribution in [-0.2, 0) is 5.41 Å². The van der Waals surface area contributed by atoms with Gasteiger partial charge in [0.05, 0.1) is 7.11 Å². The van der Waals surface area contributed by atoms with E-state index in [0.717, 1.165) is 29.4 Å². The summed E-state index contributed by atoms with van der Waals surface area (Å²) >= 11 is 0. The molecule has 0 aliphatic heterocycles. The zero-order valence-corrected chi connectivity index (χ0v) is 21.6. The molecule has 3 aromatic carbocycles. The number of ether oxygens (including phenoxy) is 1. The summed E-state index contributed by atoms with van der Waals surface area (Å²) in [6.07, 6.45) is 10.0. The Balaban J connectivity index is 1.82. The van der Waals surface area contributed by atoms with Crippen molar-refractivity contribution in [2.45, 2.75) is 84.5 Å². The van der Waals surface area contributed by atoms with Crippen molar-refractivity contribution >= 4 is 10.8 Å². The molecule has 0 unspecified atom stereocenters. The molecule has 1 N–H and O–H groups in total. The molecule has 5 rings (SSSR count). The van der Waals surface area contributed by atoms with Gasteiger partial charge in [0.15, 0.2) is 0 Å². The van der Waals surface area contributed by atoms with Crippen LogP contribution in [-0.4, -0.2) is 12.2 Å². The molecule has 34 heavy (non-hydrogen) atoms. The summed E-state index contributed by atoms with van der Waals surface area (Å²) in [5.41, 5.74) is 5.77. The van der Waals surface area contributed by atoms with Crippen molar-refractivity contribution in [1.82, 2.24) is 0 Å². The molecule has 0 amide bonds. The van der Waals surface area contributed by atoms with Gasteiger partial charge >= 0.3 is 0 Å². The van der Waals surface area contributed by atoms with Gasteiger partial charge in [-0.3, -0.25) is 0 Å². The van der Waals surface area contributed by atoms with E-state index in [1.807, 2.05) is 12.1 Å². The highest BCUT2D eigenvalue weighted by atomic mass is 16.5. The minimum atomic E-state index is -0.102. The van der Waals surface area contributed by atoms with Gasteiger partial charge in [0.2, 0.25) is 0 Å². The van der Waals surface area contributed by atoms with Gasteiger partial charge in [-0.2, -0.15) is 0 Å². The summed E-state index contributed by atoms with van der Waals surface area (Å²) in [5.74, 6) is 1.14. The lowest BCUT2D eigenvalue weighted by Gasteiger charge is -2.44. The first-order chi connectivity index (χ1) is 16.2. The van der Waals surface area contributed by atoms with E-state index in [1.54, 1.807) is 7.11 Å². The molecule has 3 aromatic rings. The maximum absolute atomic E-state index is 11.3. The molecule has 2 aliphatic rings. The molecule has 2 aliphatic carbocycles. The average molecular weight is 457 g/mol. The Morgan fingerprint density at radius 1 is 0.735 bits per heavy atom. The van der Waals surface area contributed by atoms with E-state index in [0.29, 0.717) is 5.75 Å².